The summed E-state index contributed by atoms with van der Waals surface area (Å²) in [6, 6.07) is 11.7. The van der Waals surface area contributed by atoms with Gasteiger partial charge in [0.15, 0.2) is 5.92 Å². The number of halogens is 3. The second-order valence-corrected chi connectivity index (χ2v) is 6.87. The third-order valence-electron chi connectivity index (χ3n) is 4.97. The van der Waals surface area contributed by atoms with Crippen molar-refractivity contribution in [3.05, 3.63) is 71.4 Å². The fourth-order valence-electron chi connectivity index (χ4n) is 3.61. The molecule has 5 nitrogen and oxygen atoms in total. The van der Waals surface area contributed by atoms with Gasteiger partial charge in [0.05, 0.1) is 18.8 Å². The summed E-state index contributed by atoms with van der Waals surface area (Å²) in [5, 5.41) is 0.742. The quantitative estimate of drug-likeness (QED) is 0.418. The number of alkyl halides is 3. The van der Waals surface area contributed by atoms with Crippen LogP contribution in [0.5, 0.6) is 0 Å². The van der Waals surface area contributed by atoms with Gasteiger partial charge in [0, 0.05) is 23.0 Å². The van der Waals surface area contributed by atoms with Gasteiger partial charge in [0.1, 0.15) is 0 Å². The Morgan fingerprint density at radius 2 is 1.52 bits per heavy atom. The highest BCUT2D eigenvalue weighted by molar-refractivity contribution is 5.98. The van der Waals surface area contributed by atoms with Crippen LogP contribution in [0.2, 0.25) is 0 Å². The topological polar surface area (TPSA) is 68.4 Å². The Kier molecular flexibility index (Phi) is 6.68. The monoisotopic (exact) mass is 433 g/mol. The third-order valence-corrected chi connectivity index (χ3v) is 4.97. The predicted molar refractivity (Wildman–Crippen MR) is 108 cm³/mol. The maximum absolute atomic E-state index is 13.1. The predicted octanol–water partition coefficient (Wildman–Crippen LogP) is 5.06. The van der Waals surface area contributed by atoms with Gasteiger partial charge in [0.25, 0.3) is 0 Å². The van der Waals surface area contributed by atoms with Crippen molar-refractivity contribution in [2.45, 2.75) is 25.9 Å². The number of benzene rings is 2. The van der Waals surface area contributed by atoms with Crippen molar-refractivity contribution in [3.8, 4) is 0 Å². The fraction of sp³-hybridized carbons (Fsp3) is 0.304. The van der Waals surface area contributed by atoms with Crippen molar-refractivity contribution >= 4 is 22.8 Å². The van der Waals surface area contributed by atoms with E-state index in [1.54, 1.807) is 26.1 Å². The van der Waals surface area contributed by atoms with Crippen molar-refractivity contribution in [1.29, 1.82) is 0 Å². The average molecular weight is 433 g/mol. The van der Waals surface area contributed by atoms with Crippen LogP contribution >= 0.6 is 0 Å². The van der Waals surface area contributed by atoms with Crippen LogP contribution in [0.4, 0.5) is 13.2 Å². The molecule has 1 aromatic heterocycles. The molecule has 0 saturated carbocycles. The van der Waals surface area contributed by atoms with E-state index in [0.29, 0.717) is 11.1 Å². The molecule has 0 bridgehead atoms. The summed E-state index contributed by atoms with van der Waals surface area (Å²) in [6.07, 6.45) is -2.85. The minimum Gasteiger partial charge on any atom is -0.465 e. The summed E-state index contributed by atoms with van der Waals surface area (Å²) in [4.78, 5) is 28.7. The van der Waals surface area contributed by atoms with Crippen LogP contribution < -0.4 is 0 Å². The molecule has 1 heterocycles. The van der Waals surface area contributed by atoms with Crippen LogP contribution in [0.25, 0.3) is 10.9 Å². The van der Waals surface area contributed by atoms with Crippen LogP contribution in [0.1, 0.15) is 36.5 Å². The van der Waals surface area contributed by atoms with Crippen molar-refractivity contribution in [3.63, 3.8) is 0 Å². The molecular formula is C23H22F3NO4. The smallest absolute Gasteiger partial charge is 0.416 e. The van der Waals surface area contributed by atoms with E-state index in [2.05, 4.69) is 4.98 Å². The van der Waals surface area contributed by atoms with Crippen molar-refractivity contribution in [1.82, 2.24) is 4.98 Å². The number of carbonyl (C=O) groups is 2. The van der Waals surface area contributed by atoms with Gasteiger partial charge in [0.2, 0.25) is 0 Å². The van der Waals surface area contributed by atoms with Gasteiger partial charge in [-0.3, -0.25) is 9.59 Å². The van der Waals surface area contributed by atoms with Crippen LogP contribution in [-0.4, -0.2) is 30.1 Å². The lowest BCUT2D eigenvalue weighted by atomic mass is 9.80. The molecule has 164 valence electrons. The molecule has 0 aliphatic rings. The summed E-state index contributed by atoms with van der Waals surface area (Å²) < 4.78 is 49.5. The van der Waals surface area contributed by atoms with Crippen molar-refractivity contribution in [2.75, 3.05) is 13.2 Å². The summed E-state index contributed by atoms with van der Waals surface area (Å²) in [5.41, 5.74) is 0.893. The van der Waals surface area contributed by atoms with Gasteiger partial charge >= 0.3 is 18.1 Å². The van der Waals surface area contributed by atoms with Crippen molar-refractivity contribution < 1.29 is 32.2 Å². The highest BCUT2D eigenvalue weighted by Gasteiger charge is 2.41. The zero-order chi connectivity index (χ0) is 22.6. The first-order valence-corrected chi connectivity index (χ1v) is 9.84. The molecule has 0 radical (unpaired) electrons. The van der Waals surface area contributed by atoms with E-state index < -0.39 is 35.5 Å². The molecule has 2 aromatic carbocycles. The molecule has 0 aliphatic heterocycles. The number of hydrogen-bond acceptors (Lipinski definition) is 4. The molecule has 1 unspecified atom stereocenters. The Morgan fingerprint density at radius 3 is 2.06 bits per heavy atom. The number of aromatic nitrogens is 1. The van der Waals surface area contributed by atoms with Crippen LogP contribution in [0.3, 0.4) is 0 Å². The number of fused-ring (bicyclic) bond motifs is 1. The first kappa shape index (κ1) is 22.4. The molecule has 0 fully saturated rings. The van der Waals surface area contributed by atoms with Gasteiger partial charge in [-0.25, -0.2) is 0 Å². The van der Waals surface area contributed by atoms with E-state index in [1.807, 2.05) is 18.2 Å². The zero-order valence-electron chi connectivity index (χ0n) is 17.0. The molecule has 1 atom stereocenters. The maximum atomic E-state index is 13.1. The number of esters is 2. The number of carbonyl (C=O) groups excluding carboxylic acids is 2. The number of ether oxygens (including phenoxy) is 2. The normalized spacial score (nSPS) is 12.7. The second kappa shape index (κ2) is 9.24. The number of nitrogens with one attached hydrogen (secondary N) is 1. The minimum absolute atomic E-state index is 0.0440. The molecule has 3 rings (SSSR count). The molecule has 1 N–H and O–H groups in total. The number of H-pyrrole nitrogens is 1. The molecule has 0 spiro atoms. The van der Waals surface area contributed by atoms with Crippen LogP contribution in [-0.2, 0) is 25.2 Å². The molecule has 31 heavy (non-hydrogen) atoms. The Labute approximate surface area is 177 Å². The highest BCUT2D eigenvalue weighted by Crippen LogP contribution is 2.39. The lowest BCUT2D eigenvalue weighted by molar-refractivity contribution is -0.162. The SMILES string of the molecule is CCOC(=O)C(C(=O)OCC)C(c1ccc(C(F)(F)F)cc1)c1c[nH]c2ccccc12. The van der Waals surface area contributed by atoms with E-state index in [4.69, 9.17) is 9.47 Å². The number of aromatic amines is 1. The molecular weight excluding hydrogens is 411 g/mol. The number of para-hydroxylation sites is 1. The van der Waals surface area contributed by atoms with Crippen LogP contribution in [0, 0.1) is 5.92 Å². The van der Waals surface area contributed by atoms with E-state index in [0.717, 1.165) is 23.0 Å². The highest BCUT2D eigenvalue weighted by atomic mass is 19.4. The summed E-state index contributed by atoms with van der Waals surface area (Å²) in [7, 11) is 0. The van der Waals surface area contributed by atoms with Gasteiger partial charge in [-0.2, -0.15) is 13.2 Å². The Bertz CT molecular complexity index is 1040. The van der Waals surface area contributed by atoms with E-state index >= 15 is 0 Å². The van der Waals surface area contributed by atoms with E-state index in [9.17, 15) is 22.8 Å². The fourth-order valence-corrected chi connectivity index (χ4v) is 3.61. The number of hydrogen-bond donors (Lipinski definition) is 1. The molecule has 0 aliphatic carbocycles. The average Bonchev–Trinajstić information content (AvgIpc) is 3.15. The minimum atomic E-state index is -4.50. The largest absolute Gasteiger partial charge is 0.465 e. The van der Waals surface area contributed by atoms with Gasteiger partial charge in [-0.05, 0) is 43.2 Å². The third kappa shape index (κ3) is 4.73. The lowest BCUT2D eigenvalue weighted by Gasteiger charge is -2.25. The van der Waals surface area contributed by atoms with Gasteiger partial charge < -0.3 is 14.5 Å². The first-order chi connectivity index (χ1) is 14.8. The number of rotatable bonds is 7. The maximum Gasteiger partial charge on any atom is 0.416 e. The Balaban J connectivity index is 2.19. The standard InChI is InChI=1S/C23H22F3NO4/c1-3-30-21(28)20(22(29)31-4-2)19(14-9-11-15(12-10-14)23(24,25)26)17-13-27-18-8-6-5-7-16(17)18/h5-13,19-20,27H,3-4H2,1-2H3. The Morgan fingerprint density at radius 1 is 0.935 bits per heavy atom. The first-order valence-electron chi connectivity index (χ1n) is 9.84. The molecule has 0 saturated heterocycles. The summed E-state index contributed by atoms with van der Waals surface area (Å²) >= 11 is 0. The second-order valence-electron chi connectivity index (χ2n) is 6.87. The summed E-state index contributed by atoms with van der Waals surface area (Å²) in [5.74, 6) is -3.88. The Hall–Kier alpha value is -3.29. The zero-order valence-corrected chi connectivity index (χ0v) is 17.0. The van der Waals surface area contributed by atoms with Crippen LogP contribution in [0.15, 0.2) is 54.7 Å². The van der Waals surface area contributed by atoms with E-state index in [1.165, 1.54) is 12.1 Å². The lowest BCUT2D eigenvalue weighted by Crippen LogP contribution is -2.34. The molecule has 8 heteroatoms. The van der Waals surface area contributed by atoms with Gasteiger partial charge in [-0.1, -0.05) is 30.3 Å². The molecule has 0 amide bonds. The van der Waals surface area contributed by atoms with Crippen molar-refractivity contribution in [2.24, 2.45) is 5.92 Å². The summed E-state index contributed by atoms with van der Waals surface area (Å²) in [6.45, 7) is 3.31. The van der Waals surface area contributed by atoms with E-state index in [-0.39, 0.29) is 13.2 Å². The molecule has 3 aromatic rings. The van der Waals surface area contributed by atoms with Gasteiger partial charge in [-0.15, -0.1) is 0 Å².